The molecule has 0 amide bonds. The molecular formula is C16H24ClNO2. The van der Waals surface area contributed by atoms with E-state index in [1.807, 2.05) is 19.1 Å². The third-order valence-electron chi connectivity index (χ3n) is 4.02. The first kappa shape index (κ1) is 15.6. The lowest BCUT2D eigenvalue weighted by molar-refractivity contribution is 0.0290. The minimum Gasteiger partial charge on any atom is -0.492 e. The zero-order valence-corrected chi connectivity index (χ0v) is 13.1. The van der Waals surface area contributed by atoms with Crippen LogP contribution in [0.15, 0.2) is 18.2 Å². The molecule has 20 heavy (non-hydrogen) atoms. The summed E-state index contributed by atoms with van der Waals surface area (Å²) in [6.07, 6.45) is 1.52. The monoisotopic (exact) mass is 297 g/mol. The molecule has 4 heteroatoms. The first-order valence-corrected chi connectivity index (χ1v) is 7.83. The second-order valence-electron chi connectivity index (χ2n) is 5.41. The van der Waals surface area contributed by atoms with E-state index in [9.17, 15) is 5.11 Å². The van der Waals surface area contributed by atoms with E-state index in [0.717, 1.165) is 38.2 Å². The minimum absolute atomic E-state index is 0.205. The minimum atomic E-state index is -0.205. The average molecular weight is 298 g/mol. The van der Waals surface area contributed by atoms with Crippen molar-refractivity contribution in [1.29, 1.82) is 0 Å². The van der Waals surface area contributed by atoms with Crippen LogP contribution in [0.1, 0.15) is 25.8 Å². The van der Waals surface area contributed by atoms with Crippen LogP contribution < -0.4 is 4.74 Å². The summed E-state index contributed by atoms with van der Waals surface area (Å²) >= 11 is 6.22. The predicted molar refractivity (Wildman–Crippen MR) is 82.6 cm³/mol. The fourth-order valence-corrected chi connectivity index (χ4v) is 3.09. The molecule has 2 atom stereocenters. The number of halogens is 1. The summed E-state index contributed by atoms with van der Waals surface area (Å²) in [6, 6.07) is 5.94. The summed E-state index contributed by atoms with van der Waals surface area (Å²) in [5.41, 5.74) is 1.17. The van der Waals surface area contributed by atoms with Gasteiger partial charge >= 0.3 is 0 Å². The molecule has 1 aliphatic rings. The number of hydrogen-bond acceptors (Lipinski definition) is 3. The highest BCUT2D eigenvalue weighted by molar-refractivity contribution is 6.32. The zero-order valence-electron chi connectivity index (χ0n) is 12.3. The van der Waals surface area contributed by atoms with Crippen LogP contribution in [0.25, 0.3) is 0 Å². The van der Waals surface area contributed by atoms with Crippen LogP contribution in [0.4, 0.5) is 0 Å². The Labute approximate surface area is 126 Å². The number of aliphatic hydroxyl groups is 1. The first-order chi connectivity index (χ1) is 9.63. The number of hydrogen-bond donors (Lipinski definition) is 1. The molecular weight excluding hydrogens is 274 g/mol. The molecule has 1 aromatic rings. The van der Waals surface area contributed by atoms with Crippen molar-refractivity contribution >= 4 is 11.6 Å². The van der Waals surface area contributed by atoms with Crippen molar-refractivity contribution in [2.24, 2.45) is 5.92 Å². The number of benzene rings is 1. The highest BCUT2D eigenvalue weighted by Crippen LogP contribution is 2.28. The SMILES string of the molecule is CCOc1ccc(CC2CN(CC)CCC2O)cc1Cl. The van der Waals surface area contributed by atoms with Gasteiger partial charge in [-0.25, -0.2) is 0 Å². The normalized spacial score (nSPS) is 23.8. The van der Waals surface area contributed by atoms with Gasteiger partial charge in [0.15, 0.2) is 0 Å². The third kappa shape index (κ3) is 3.87. The molecule has 0 spiro atoms. The van der Waals surface area contributed by atoms with Gasteiger partial charge in [-0.05, 0) is 44.0 Å². The van der Waals surface area contributed by atoms with Gasteiger partial charge in [0.1, 0.15) is 5.75 Å². The molecule has 1 aromatic carbocycles. The molecule has 1 saturated heterocycles. The predicted octanol–water partition coefficient (Wildman–Crippen LogP) is 2.98. The van der Waals surface area contributed by atoms with Gasteiger partial charge in [0, 0.05) is 19.0 Å². The van der Waals surface area contributed by atoms with Crippen LogP contribution in [0.5, 0.6) is 5.75 Å². The van der Waals surface area contributed by atoms with Gasteiger partial charge in [-0.3, -0.25) is 0 Å². The van der Waals surface area contributed by atoms with E-state index in [-0.39, 0.29) is 12.0 Å². The van der Waals surface area contributed by atoms with E-state index >= 15 is 0 Å². The van der Waals surface area contributed by atoms with Crippen molar-refractivity contribution in [3.8, 4) is 5.75 Å². The lowest BCUT2D eigenvalue weighted by atomic mass is 9.89. The van der Waals surface area contributed by atoms with Crippen molar-refractivity contribution < 1.29 is 9.84 Å². The Hall–Kier alpha value is -0.770. The number of nitrogens with zero attached hydrogens (tertiary/aromatic N) is 1. The maximum Gasteiger partial charge on any atom is 0.137 e. The third-order valence-corrected chi connectivity index (χ3v) is 4.31. The fraction of sp³-hybridized carbons (Fsp3) is 0.625. The maximum atomic E-state index is 10.2. The van der Waals surface area contributed by atoms with Gasteiger partial charge in [0.05, 0.1) is 17.7 Å². The van der Waals surface area contributed by atoms with Crippen molar-refractivity contribution in [2.75, 3.05) is 26.2 Å². The van der Waals surface area contributed by atoms with E-state index in [1.165, 1.54) is 5.56 Å². The molecule has 1 fully saturated rings. The summed E-state index contributed by atoms with van der Waals surface area (Å²) in [5, 5.41) is 10.8. The number of ether oxygens (including phenoxy) is 1. The molecule has 0 saturated carbocycles. The molecule has 2 rings (SSSR count). The molecule has 0 radical (unpaired) electrons. The van der Waals surface area contributed by atoms with Gasteiger partial charge in [0.2, 0.25) is 0 Å². The standard InChI is InChI=1S/C16H24ClNO2/c1-3-18-8-7-15(19)13(11-18)9-12-5-6-16(20-4-2)14(17)10-12/h5-6,10,13,15,19H,3-4,7-9,11H2,1-2H3. The van der Waals surface area contributed by atoms with E-state index in [2.05, 4.69) is 17.9 Å². The summed E-state index contributed by atoms with van der Waals surface area (Å²) in [4.78, 5) is 2.40. The van der Waals surface area contributed by atoms with E-state index in [1.54, 1.807) is 0 Å². The lowest BCUT2D eigenvalue weighted by Gasteiger charge is -2.35. The van der Waals surface area contributed by atoms with Crippen molar-refractivity contribution in [1.82, 2.24) is 4.90 Å². The van der Waals surface area contributed by atoms with Gasteiger partial charge in [-0.2, -0.15) is 0 Å². The number of rotatable bonds is 5. The van der Waals surface area contributed by atoms with E-state index in [0.29, 0.717) is 11.6 Å². The Balaban J connectivity index is 2.03. The Morgan fingerprint density at radius 2 is 2.20 bits per heavy atom. The average Bonchev–Trinajstić information content (AvgIpc) is 2.44. The molecule has 112 valence electrons. The number of piperidine rings is 1. The zero-order chi connectivity index (χ0) is 14.5. The van der Waals surface area contributed by atoms with Crippen LogP contribution in [-0.2, 0) is 6.42 Å². The molecule has 2 unspecified atom stereocenters. The highest BCUT2D eigenvalue weighted by atomic mass is 35.5. The maximum absolute atomic E-state index is 10.2. The summed E-state index contributed by atoms with van der Waals surface area (Å²) in [7, 11) is 0. The fourth-order valence-electron chi connectivity index (χ4n) is 2.83. The quantitative estimate of drug-likeness (QED) is 0.907. The van der Waals surface area contributed by atoms with Gasteiger partial charge in [-0.1, -0.05) is 24.6 Å². The Morgan fingerprint density at radius 1 is 1.40 bits per heavy atom. The van der Waals surface area contributed by atoms with Gasteiger partial charge < -0.3 is 14.7 Å². The van der Waals surface area contributed by atoms with Crippen molar-refractivity contribution in [3.05, 3.63) is 28.8 Å². The van der Waals surface area contributed by atoms with E-state index in [4.69, 9.17) is 16.3 Å². The highest BCUT2D eigenvalue weighted by Gasteiger charge is 2.27. The molecule has 1 N–H and O–H groups in total. The van der Waals surface area contributed by atoms with Crippen LogP contribution in [0.3, 0.4) is 0 Å². The van der Waals surface area contributed by atoms with Crippen LogP contribution >= 0.6 is 11.6 Å². The Kier molecular flexibility index (Phi) is 5.70. The topological polar surface area (TPSA) is 32.7 Å². The van der Waals surface area contributed by atoms with Crippen molar-refractivity contribution in [2.45, 2.75) is 32.8 Å². The van der Waals surface area contributed by atoms with Crippen LogP contribution in [0, 0.1) is 5.92 Å². The number of aliphatic hydroxyl groups excluding tert-OH is 1. The van der Waals surface area contributed by atoms with Crippen molar-refractivity contribution in [3.63, 3.8) is 0 Å². The summed E-state index contributed by atoms with van der Waals surface area (Å²) in [5.74, 6) is 1.02. The second kappa shape index (κ2) is 7.30. The molecule has 0 aliphatic carbocycles. The van der Waals surface area contributed by atoms with Crippen LogP contribution in [0.2, 0.25) is 5.02 Å². The number of likely N-dealkylation sites (tertiary alicyclic amines) is 1. The van der Waals surface area contributed by atoms with Gasteiger partial charge in [0.25, 0.3) is 0 Å². The summed E-state index contributed by atoms with van der Waals surface area (Å²) < 4.78 is 5.45. The molecule has 3 nitrogen and oxygen atoms in total. The smallest absolute Gasteiger partial charge is 0.137 e. The van der Waals surface area contributed by atoms with Gasteiger partial charge in [-0.15, -0.1) is 0 Å². The Bertz CT molecular complexity index is 438. The first-order valence-electron chi connectivity index (χ1n) is 7.45. The van der Waals surface area contributed by atoms with Crippen LogP contribution in [-0.4, -0.2) is 42.4 Å². The molecule has 0 aromatic heterocycles. The second-order valence-corrected chi connectivity index (χ2v) is 5.82. The largest absolute Gasteiger partial charge is 0.492 e. The molecule has 1 heterocycles. The molecule has 1 aliphatic heterocycles. The van der Waals surface area contributed by atoms with E-state index < -0.39 is 0 Å². The lowest BCUT2D eigenvalue weighted by Crippen LogP contribution is -2.43. The Morgan fingerprint density at radius 3 is 2.85 bits per heavy atom. The molecule has 0 bridgehead atoms. The summed E-state index contributed by atoms with van der Waals surface area (Å²) in [6.45, 7) is 7.74.